The van der Waals surface area contributed by atoms with Crippen molar-refractivity contribution in [3.05, 3.63) is 12.1 Å². The Morgan fingerprint density at radius 1 is 1.43 bits per heavy atom. The fourth-order valence-electron chi connectivity index (χ4n) is 1.81. The Kier molecular flexibility index (Phi) is 1.43. The van der Waals surface area contributed by atoms with Crippen molar-refractivity contribution >= 4 is 11.5 Å². The molecule has 14 heavy (non-hydrogen) atoms. The van der Waals surface area contributed by atoms with Gasteiger partial charge in [-0.3, -0.25) is 0 Å². The molecular weight excluding hydrogens is 178 g/mol. The van der Waals surface area contributed by atoms with E-state index >= 15 is 0 Å². The molecule has 4 heteroatoms. The van der Waals surface area contributed by atoms with Crippen molar-refractivity contribution in [1.29, 1.82) is 0 Å². The summed E-state index contributed by atoms with van der Waals surface area (Å²) in [6.45, 7) is 1.01. The van der Waals surface area contributed by atoms with Gasteiger partial charge >= 0.3 is 0 Å². The van der Waals surface area contributed by atoms with Crippen LogP contribution in [-0.2, 0) is 0 Å². The minimum absolute atomic E-state index is 0.284. The van der Waals surface area contributed by atoms with Crippen LogP contribution in [0.4, 0.5) is 11.5 Å². The van der Waals surface area contributed by atoms with Gasteiger partial charge in [-0.1, -0.05) is 0 Å². The first-order valence-corrected chi connectivity index (χ1v) is 4.88. The summed E-state index contributed by atoms with van der Waals surface area (Å²) < 4.78 is 5.09. The molecule has 74 valence electrons. The Balaban J connectivity index is 1.97. The number of pyridine rings is 1. The highest BCUT2D eigenvalue weighted by molar-refractivity contribution is 5.69. The summed E-state index contributed by atoms with van der Waals surface area (Å²) in [6.07, 6.45) is 2.47. The normalized spacial score (nSPS) is 20.6. The quantitative estimate of drug-likeness (QED) is 0.705. The molecule has 2 N–H and O–H groups in total. The number of fused-ring (bicyclic) bond motifs is 1. The SMILES string of the molecule is COc1ccc2c(n1)NC1(CC1)CN2. The highest BCUT2D eigenvalue weighted by Crippen LogP contribution is 2.43. The summed E-state index contributed by atoms with van der Waals surface area (Å²) in [5.74, 6) is 1.59. The smallest absolute Gasteiger partial charge is 0.215 e. The van der Waals surface area contributed by atoms with Gasteiger partial charge in [0, 0.05) is 12.6 Å². The van der Waals surface area contributed by atoms with Crippen LogP contribution in [0.1, 0.15) is 12.8 Å². The number of methoxy groups -OCH3 is 1. The van der Waals surface area contributed by atoms with Gasteiger partial charge in [-0.25, -0.2) is 0 Å². The third-order valence-electron chi connectivity index (χ3n) is 2.93. The molecule has 1 spiro atoms. The molecule has 2 aliphatic rings. The molecule has 0 atom stereocenters. The lowest BCUT2D eigenvalue weighted by Gasteiger charge is -2.27. The fourth-order valence-corrected chi connectivity index (χ4v) is 1.81. The molecule has 0 unspecified atom stereocenters. The van der Waals surface area contributed by atoms with Crippen LogP contribution >= 0.6 is 0 Å². The molecule has 1 saturated carbocycles. The van der Waals surface area contributed by atoms with E-state index in [-0.39, 0.29) is 5.54 Å². The van der Waals surface area contributed by atoms with Gasteiger partial charge in [-0.05, 0) is 18.9 Å². The summed E-state index contributed by atoms with van der Waals surface area (Å²) >= 11 is 0. The second kappa shape index (κ2) is 2.53. The van der Waals surface area contributed by atoms with Crippen molar-refractivity contribution in [2.24, 2.45) is 0 Å². The maximum absolute atomic E-state index is 5.09. The summed E-state index contributed by atoms with van der Waals surface area (Å²) in [5, 5.41) is 6.85. The van der Waals surface area contributed by atoms with E-state index in [9.17, 15) is 0 Å². The molecule has 0 radical (unpaired) electrons. The summed E-state index contributed by atoms with van der Waals surface area (Å²) in [4.78, 5) is 4.37. The molecule has 1 aliphatic carbocycles. The van der Waals surface area contributed by atoms with E-state index in [0.29, 0.717) is 5.88 Å². The van der Waals surface area contributed by atoms with Crippen LogP contribution in [0.5, 0.6) is 5.88 Å². The Morgan fingerprint density at radius 3 is 3.00 bits per heavy atom. The average Bonchev–Trinajstić information content (AvgIpc) is 2.97. The number of nitrogens with zero attached hydrogens (tertiary/aromatic N) is 1. The predicted octanol–water partition coefficient (Wildman–Crippen LogP) is 1.46. The number of nitrogens with one attached hydrogen (secondary N) is 2. The van der Waals surface area contributed by atoms with E-state index in [1.807, 2.05) is 12.1 Å². The summed E-state index contributed by atoms with van der Waals surface area (Å²) in [7, 11) is 1.64. The topological polar surface area (TPSA) is 46.2 Å². The van der Waals surface area contributed by atoms with Crippen molar-refractivity contribution in [2.45, 2.75) is 18.4 Å². The molecule has 0 aromatic carbocycles. The van der Waals surface area contributed by atoms with Gasteiger partial charge in [0.2, 0.25) is 5.88 Å². The van der Waals surface area contributed by atoms with Gasteiger partial charge in [0.15, 0.2) is 5.82 Å². The van der Waals surface area contributed by atoms with Crippen molar-refractivity contribution in [2.75, 3.05) is 24.3 Å². The van der Waals surface area contributed by atoms with Crippen molar-refractivity contribution in [3.8, 4) is 5.88 Å². The zero-order chi connectivity index (χ0) is 9.60. The number of aromatic nitrogens is 1. The van der Waals surface area contributed by atoms with Gasteiger partial charge in [0.25, 0.3) is 0 Å². The molecular formula is C10H13N3O. The first-order chi connectivity index (χ1) is 6.81. The van der Waals surface area contributed by atoms with Crippen LogP contribution in [-0.4, -0.2) is 24.2 Å². The predicted molar refractivity (Wildman–Crippen MR) is 54.9 cm³/mol. The third kappa shape index (κ3) is 1.10. The molecule has 2 heterocycles. The standard InChI is InChI=1S/C10H13N3O/c1-14-8-3-2-7-9(12-8)13-10(4-5-10)6-11-7/h2-3,11H,4-6H2,1H3,(H,12,13). The average molecular weight is 191 g/mol. The lowest BCUT2D eigenvalue weighted by atomic mass is 10.2. The number of ether oxygens (including phenoxy) is 1. The van der Waals surface area contributed by atoms with Gasteiger partial charge in [0.1, 0.15) is 0 Å². The van der Waals surface area contributed by atoms with E-state index in [1.54, 1.807) is 7.11 Å². The maximum atomic E-state index is 5.09. The van der Waals surface area contributed by atoms with Gasteiger partial charge in [-0.2, -0.15) is 4.98 Å². The first-order valence-electron chi connectivity index (χ1n) is 4.88. The highest BCUT2D eigenvalue weighted by atomic mass is 16.5. The van der Waals surface area contributed by atoms with Crippen LogP contribution in [0.15, 0.2) is 12.1 Å². The fraction of sp³-hybridized carbons (Fsp3) is 0.500. The molecule has 1 aromatic heterocycles. The monoisotopic (exact) mass is 191 g/mol. The van der Waals surface area contributed by atoms with Crippen molar-refractivity contribution < 1.29 is 4.74 Å². The molecule has 4 nitrogen and oxygen atoms in total. The lowest BCUT2D eigenvalue weighted by molar-refractivity contribution is 0.398. The van der Waals surface area contributed by atoms with E-state index in [4.69, 9.17) is 4.74 Å². The largest absolute Gasteiger partial charge is 0.481 e. The van der Waals surface area contributed by atoms with E-state index in [2.05, 4.69) is 15.6 Å². The van der Waals surface area contributed by atoms with E-state index < -0.39 is 0 Å². The number of hydrogen-bond donors (Lipinski definition) is 2. The molecule has 1 fully saturated rings. The Bertz CT molecular complexity index is 374. The van der Waals surface area contributed by atoms with Gasteiger partial charge in [0.05, 0.1) is 18.3 Å². The van der Waals surface area contributed by atoms with E-state index in [1.165, 1.54) is 12.8 Å². The van der Waals surface area contributed by atoms with Gasteiger partial charge in [-0.15, -0.1) is 0 Å². The second-order valence-electron chi connectivity index (χ2n) is 4.01. The van der Waals surface area contributed by atoms with Crippen LogP contribution in [0.2, 0.25) is 0 Å². The van der Waals surface area contributed by atoms with E-state index in [0.717, 1.165) is 18.1 Å². The zero-order valence-corrected chi connectivity index (χ0v) is 8.13. The molecule has 0 amide bonds. The van der Waals surface area contributed by atoms with Crippen LogP contribution in [0.3, 0.4) is 0 Å². The highest BCUT2D eigenvalue weighted by Gasteiger charge is 2.45. The molecule has 0 bridgehead atoms. The Morgan fingerprint density at radius 2 is 2.29 bits per heavy atom. The number of hydrogen-bond acceptors (Lipinski definition) is 4. The molecule has 1 aliphatic heterocycles. The van der Waals surface area contributed by atoms with Crippen molar-refractivity contribution in [3.63, 3.8) is 0 Å². The van der Waals surface area contributed by atoms with Crippen LogP contribution in [0, 0.1) is 0 Å². The minimum Gasteiger partial charge on any atom is -0.481 e. The second-order valence-corrected chi connectivity index (χ2v) is 4.01. The molecule has 3 rings (SSSR count). The Labute approximate surface area is 82.7 Å². The summed E-state index contributed by atoms with van der Waals surface area (Å²) in [5.41, 5.74) is 1.36. The van der Waals surface area contributed by atoms with Crippen LogP contribution in [0.25, 0.3) is 0 Å². The number of rotatable bonds is 1. The minimum atomic E-state index is 0.284. The number of anilines is 2. The first kappa shape index (κ1) is 7.91. The molecule has 0 saturated heterocycles. The third-order valence-corrected chi connectivity index (χ3v) is 2.93. The maximum Gasteiger partial charge on any atom is 0.215 e. The molecule has 1 aromatic rings. The van der Waals surface area contributed by atoms with Crippen molar-refractivity contribution in [1.82, 2.24) is 4.98 Å². The Hall–Kier alpha value is -1.45. The summed E-state index contributed by atoms with van der Waals surface area (Å²) in [6, 6.07) is 3.88. The van der Waals surface area contributed by atoms with Gasteiger partial charge < -0.3 is 15.4 Å². The zero-order valence-electron chi connectivity index (χ0n) is 8.13. The van der Waals surface area contributed by atoms with Crippen LogP contribution < -0.4 is 15.4 Å². The lowest BCUT2D eigenvalue weighted by Crippen LogP contribution is -2.35.